The van der Waals surface area contributed by atoms with Gasteiger partial charge in [0.05, 0.1) is 12.5 Å². The summed E-state index contributed by atoms with van der Waals surface area (Å²) in [5, 5.41) is 12.9. The molecule has 0 aromatic heterocycles. The summed E-state index contributed by atoms with van der Waals surface area (Å²) in [5.41, 5.74) is -0.444. The van der Waals surface area contributed by atoms with Crippen LogP contribution in [0.2, 0.25) is 0 Å². The van der Waals surface area contributed by atoms with E-state index in [1.165, 1.54) is 4.90 Å². The van der Waals surface area contributed by atoms with Gasteiger partial charge in [0.2, 0.25) is 18.2 Å². The molecule has 0 bridgehead atoms. The zero-order chi connectivity index (χ0) is 18.5. The molecule has 1 aliphatic rings. The van der Waals surface area contributed by atoms with E-state index in [2.05, 4.69) is 5.32 Å². The zero-order valence-corrected chi connectivity index (χ0v) is 15.4. The average molecular weight is 341 g/mol. The highest BCUT2D eigenvalue weighted by Crippen LogP contribution is 2.32. The SMILES string of the molecule is CN(C)C(=O)[C@@H](NC(=O)[C@@H](CN(O)C=O)C1CCCC1)C(C)(C)C. The first kappa shape index (κ1) is 20.4. The van der Waals surface area contributed by atoms with Gasteiger partial charge < -0.3 is 10.2 Å². The van der Waals surface area contributed by atoms with Gasteiger partial charge in [0, 0.05) is 14.1 Å². The topological polar surface area (TPSA) is 90.0 Å². The largest absolute Gasteiger partial charge is 0.347 e. The molecule has 0 radical (unpaired) electrons. The number of carbonyl (C=O) groups is 3. The Morgan fingerprint density at radius 2 is 1.79 bits per heavy atom. The van der Waals surface area contributed by atoms with Crippen LogP contribution in [0.25, 0.3) is 0 Å². The molecular weight excluding hydrogens is 310 g/mol. The van der Waals surface area contributed by atoms with Gasteiger partial charge in [-0.3, -0.25) is 19.6 Å². The molecule has 1 saturated carbocycles. The Morgan fingerprint density at radius 3 is 2.21 bits per heavy atom. The van der Waals surface area contributed by atoms with Crippen LogP contribution in [0.3, 0.4) is 0 Å². The normalized spacial score (nSPS) is 17.9. The van der Waals surface area contributed by atoms with Gasteiger partial charge in [-0.15, -0.1) is 0 Å². The van der Waals surface area contributed by atoms with Gasteiger partial charge in [-0.05, 0) is 24.2 Å². The summed E-state index contributed by atoms with van der Waals surface area (Å²) in [4.78, 5) is 37.5. The summed E-state index contributed by atoms with van der Waals surface area (Å²) in [6.45, 7) is 5.64. The number of hydrogen-bond donors (Lipinski definition) is 2. The quantitative estimate of drug-likeness (QED) is 0.414. The van der Waals surface area contributed by atoms with E-state index < -0.39 is 17.4 Å². The highest BCUT2D eigenvalue weighted by Gasteiger charge is 2.38. The Morgan fingerprint density at radius 1 is 1.25 bits per heavy atom. The molecule has 1 rings (SSSR count). The van der Waals surface area contributed by atoms with Crippen LogP contribution >= 0.6 is 0 Å². The van der Waals surface area contributed by atoms with E-state index in [0.717, 1.165) is 25.7 Å². The van der Waals surface area contributed by atoms with E-state index in [-0.39, 0.29) is 24.3 Å². The molecule has 7 nitrogen and oxygen atoms in total. The van der Waals surface area contributed by atoms with Crippen LogP contribution in [0.5, 0.6) is 0 Å². The molecule has 0 heterocycles. The lowest BCUT2D eigenvalue weighted by Gasteiger charge is -2.34. The molecule has 0 saturated heterocycles. The van der Waals surface area contributed by atoms with Crippen LogP contribution in [0.15, 0.2) is 0 Å². The average Bonchev–Trinajstić information content (AvgIpc) is 3.01. The molecule has 2 atom stereocenters. The second kappa shape index (κ2) is 8.46. The minimum atomic E-state index is -0.660. The highest BCUT2D eigenvalue weighted by molar-refractivity contribution is 5.89. The first-order valence-electron chi connectivity index (χ1n) is 8.50. The second-order valence-electron chi connectivity index (χ2n) is 7.92. The van der Waals surface area contributed by atoms with Crippen molar-refractivity contribution in [2.45, 2.75) is 52.5 Å². The second-order valence-corrected chi connectivity index (χ2v) is 7.92. The van der Waals surface area contributed by atoms with Gasteiger partial charge in [-0.25, -0.2) is 5.06 Å². The first-order valence-corrected chi connectivity index (χ1v) is 8.50. The molecule has 0 aliphatic heterocycles. The monoisotopic (exact) mass is 341 g/mol. The molecule has 0 unspecified atom stereocenters. The zero-order valence-electron chi connectivity index (χ0n) is 15.4. The third kappa shape index (κ3) is 5.47. The van der Waals surface area contributed by atoms with Crippen LogP contribution in [0.1, 0.15) is 46.5 Å². The van der Waals surface area contributed by atoms with E-state index in [4.69, 9.17) is 0 Å². The van der Waals surface area contributed by atoms with Crippen molar-refractivity contribution in [1.82, 2.24) is 15.3 Å². The van der Waals surface area contributed by atoms with Gasteiger partial charge in [0.1, 0.15) is 6.04 Å². The molecule has 138 valence electrons. The lowest BCUT2D eigenvalue weighted by molar-refractivity contribution is -0.157. The number of amides is 3. The summed E-state index contributed by atoms with van der Waals surface area (Å²) in [5.74, 6) is -0.840. The summed E-state index contributed by atoms with van der Waals surface area (Å²) < 4.78 is 0. The number of nitrogens with one attached hydrogen (secondary N) is 1. The molecule has 0 spiro atoms. The highest BCUT2D eigenvalue weighted by atomic mass is 16.5. The fourth-order valence-electron chi connectivity index (χ4n) is 3.21. The molecule has 2 N–H and O–H groups in total. The number of hydrogen-bond acceptors (Lipinski definition) is 4. The summed E-state index contributed by atoms with van der Waals surface area (Å²) in [6.07, 6.45) is 4.18. The minimum Gasteiger partial charge on any atom is -0.347 e. The lowest BCUT2D eigenvalue weighted by Crippen LogP contribution is -2.55. The molecule has 1 fully saturated rings. The molecule has 3 amide bonds. The molecular formula is C17H31N3O4. The van der Waals surface area contributed by atoms with Gasteiger partial charge in [0.25, 0.3) is 0 Å². The summed E-state index contributed by atoms with van der Waals surface area (Å²) >= 11 is 0. The first-order chi connectivity index (χ1) is 11.1. The van der Waals surface area contributed by atoms with Crippen molar-refractivity contribution in [1.29, 1.82) is 0 Å². The van der Waals surface area contributed by atoms with E-state index in [0.29, 0.717) is 11.5 Å². The van der Waals surface area contributed by atoms with Crippen molar-refractivity contribution in [3.63, 3.8) is 0 Å². The van der Waals surface area contributed by atoms with Gasteiger partial charge >= 0.3 is 0 Å². The fraction of sp³-hybridized carbons (Fsp3) is 0.824. The molecule has 7 heteroatoms. The molecule has 0 aromatic rings. The molecule has 0 aromatic carbocycles. The van der Waals surface area contributed by atoms with Gasteiger partial charge in [-0.2, -0.15) is 0 Å². The van der Waals surface area contributed by atoms with Crippen molar-refractivity contribution >= 4 is 18.2 Å². The van der Waals surface area contributed by atoms with Crippen molar-refractivity contribution in [3.05, 3.63) is 0 Å². The lowest BCUT2D eigenvalue weighted by atomic mass is 9.84. The maximum Gasteiger partial charge on any atom is 0.245 e. The maximum absolute atomic E-state index is 12.8. The molecule has 24 heavy (non-hydrogen) atoms. The standard InChI is InChI=1S/C17H31N3O4/c1-17(2,3)14(16(23)19(4)5)18-15(22)13(10-20(24)11-21)12-8-6-7-9-12/h11-14,24H,6-10H2,1-5H3,(H,18,22)/t13-,14+/m0/s1. The predicted molar refractivity (Wildman–Crippen MR) is 90.1 cm³/mol. The van der Waals surface area contributed by atoms with Crippen LogP contribution in [0, 0.1) is 17.3 Å². The minimum absolute atomic E-state index is 0.0486. The maximum atomic E-state index is 12.8. The Bertz CT molecular complexity index is 453. The van der Waals surface area contributed by atoms with E-state index in [1.807, 2.05) is 20.8 Å². The van der Waals surface area contributed by atoms with Gasteiger partial charge in [-0.1, -0.05) is 33.6 Å². The third-order valence-electron chi connectivity index (χ3n) is 4.65. The van der Waals surface area contributed by atoms with Crippen molar-refractivity contribution < 1.29 is 19.6 Å². The number of hydroxylamine groups is 2. The van der Waals surface area contributed by atoms with Crippen molar-refractivity contribution in [2.24, 2.45) is 17.3 Å². The van der Waals surface area contributed by atoms with Crippen LogP contribution < -0.4 is 5.32 Å². The van der Waals surface area contributed by atoms with Crippen molar-refractivity contribution in [3.8, 4) is 0 Å². The number of rotatable bonds is 7. The smallest absolute Gasteiger partial charge is 0.245 e. The Labute approximate surface area is 144 Å². The Balaban J connectivity index is 2.94. The van der Waals surface area contributed by atoms with Crippen LogP contribution in [-0.2, 0) is 14.4 Å². The molecule has 1 aliphatic carbocycles. The van der Waals surface area contributed by atoms with Crippen molar-refractivity contribution in [2.75, 3.05) is 20.6 Å². The number of likely N-dealkylation sites (N-methyl/N-ethyl adjacent to an activating group) is 1. The van der Waals surface area contributed by atoms with Crippen LogP contribution in [0.4, 0.5) is 0 Å². The predicted octanol–water partition coefficient (Wildman–Crippen LogP) is 1.26. The van der Waals surface area contributed by atoms with E-state index in [1.54, 1.807) is 14.1 Å². The van der Waals surface area contributed by atoms with Crippen LogP contribution in [-0.4, -0.2) is 60.1 Å². The van der Waals surface area contributed by atoms with E-state index in [9.17, 15) is 19.6 Å². The number of nitrogens with zero attached hydrogens (tertiary/aromatic N) is 2. The van der Waals surface area contributed by atoms with Gasteiger partial charge in [0.15, 0.2) is 0 Å². The third-order valence-corrected chi connectivity index (χ3v) is 4.65. The van der Waals surface area contributed by atoms with E-state index >= 15 is 0 Å². The number of carbonyl (C=O) groups excluding carboxylic acids is 3. The Kier molecular flexibility index (Phi) is 7.20. The summed E-state index contributed by atoms with van der Waals surface area (Å²) in [6, 6.07) is -0.660. The fourth-order valence-corrected chi connectivity index (χ4v) is 3.21. The summed E-state index contributed by atoms with van der Waals surface area (Å²) in [7, 11) is 3.31. The Hall–Kier alpha value is -1.63.